The molecule has 0 spiro atoms. The van der Waals surface area contributed by atoms with E-state index in [2.05, 4.69) is 16.1 Å². The van der Waals surface area contributed by atoms with Crippen molar-refractivity contribution in [2.45, 2.75) is 6.92 Å². The van der Waals surface area contributed by atoms with Crippen LogP contribution in [0.15, 0.2) is 24.5 Å². The first kappa shape index (κ1) is 10.4. The maximum absolute atomic E-state index is 10.8. The van der Waals surface area contributed by atoms with Gasteiger partial charge in [-0.3, -0.25) is 4.79 Å². The molecule has 0 saturated heterocycles. The van der Waals surface area contributed by atoms with E-state index in [1.165, 1.54) is 20.1 Å². The van der Waals surface area contributed by atoms with Crippen LogP contribution in [0.25, 0.3) is 0 Å². The number of esters is 2. The highest BCUT2D eigenvalue weighted by Gasteiger charge is 2.05. The fraction of sp³-hybridized carbons (Fsp3) is 0.250. The van der Waals surface area contributed by atoms with Crippen LogP contribution < -0.4 is 0 Å². The van der Waals surface area contributed by atoms with E-state index in [0.717, 1.165) is 6.26 Å². The fourth-order valence-electron chi connectivity index (χ4n) is 0.444. The third-order valence-corrected chi connectivity index (χ3v) is 0.993. The van der Waals surface area contributed by atoms with Crippen molar-refractivity contribution < 1.29 is 19.1 Å². The lowest BCUT2D eigenvalue weighted by Crippen LogP contribution is -2.04. The van der Waals surface area contributed by atoms with Gasteiger partial charge in [0.1, 0.15) is 6.26 Å². The molecule has 0 saturated carbocycles. The molecular formula is C8H10O4. The lowest BCUT2D eigenvalue weighted by molar-refractivity contribution is -0.136. The Kier molecular flexibility index (Phi) is 4.45. The third-order valence-electron chi connectivity index (χ3n) is 0.993. The van der Waals surface area contributed by atoms with E-state index in [4.69, 9.17) is 0 Å². The zero-order valence-electron chi connectivity index (χ0n) is 6.99. The van der Waals surface area contributed by atoms with Crippen molar-refractivity contribution >= 4 is 11.9 Å². The molecule has 0 aliphatic heterocycles. The number of hydrogen-bond donors (Lipinski definition) is 0. The SMILES string of the molecule is C=C/C(=C\OC(C)=O)C(=O)OC. The first-order valence-electron chi connectivity index (χ1n) is 3.20. The molecule has 0 heterocycles. The summed E-state index contributed by atoms with van der Waals surface area (Å²) >= 11 is 0. The number of hydrogen-bond acceptors (Lipinski definition) is 4. The van der Waals surface area contributed by atoms with Gasteiger partial charge in [0.25, 0.3) is 0 Å². The van der Waals surface area contributed by atoms with Gasteiger partial charge in [-0.05, 0) is 0 Å². The normalized spacial score (nSPS) is 10.3. The van der Waals surface area contributed by atoms with E-state index in [-0.39, 0.29) is 5.57 Å². The van der Waals surface area contributed by atoms with Crippen LogP contribution in [0.2, 0.25) is 0 Å². The van der Waals surface area contributed by atoms with E-state index in [0.29, 0.717) is 0 Å². The Labute approximate surface area is 70.5 Å². The van der Waals surface area contributed by atoms with Gasteiger partial charge in [-0.2, -0.15) is 0 Å². The lowest BCUT2D eigenvalue weighted by Gasteiger charge is -1.98. The molecule has 0 aromatic rings. The Morgan fingerprint density at radius 3 is 2.33 bits per heavy atom. The summed E-state index contributed by atoms with van der Waals surface area (Å²) in [6, 6.07) is 0. The molecule has 0 aliphatic rings. The fourth-order valence-corrected chi connectivity index (χ4v) is 0.444. The van der Waals surface area contributed by atoms with E-state index in [9.17, 15) is 9.59 Å². The number of ether oxygens (including phenoxy) is 2. The molecule has 0 aromatic carbocycles. The molecule has 0 radical (unpaired) electrons. The van der Waals surface area contributed by atoms with Gasteiger partial charge in [-0.25, -0.2) is 4.79 Å². The van der Waals surface area contributed by atoms with Crippen LogP contribution in [-0.4, -0.2) is 19.0 Å². The average molecular weight is 170 g/mol. The largest absolute Gasteiger partial charge is 0.465 e. The number of carbonyl (C=O) groups excluding carboxylic acids is 2. The minimum Gasteiger partial charge on any atom is -0.465 e. The molecule has 0 aromatic heterocycles. The molecule has 12 heavy (non-hydrogen) atoms. The molecule has 0 bridgehead atoms. The topological polar surface area (TPSA) is 52.6 Å². The number of carbonyl (C=O) groups is 2. The van der Waals surface area contributed by atoms with Crippen molar-refractivity contribution in [3.8, 4) is 0 Å². The molecule has 4 heteroatoms. The number of rotatable bonds is 3. The van der Waals surface area contributed by atoms with Crippen LogP contribution in [0.5, 0.6) is 0 Å². The standard InChI is InChI=1S/C8H10O4/c1-4-7(8(10)11-3)5-12-6(2)9/h4-5H,1H2,2-3H3/b7-5+. The Morgan fingerprint density at radius 2 is 2.00 bits per heavy atom. The van der Waals surface area contributed by atoms with Crippen molar-refractivity contribution in [1.82, 2.24) is 0 Å². The molecule has 0 N–H and O–H groups in total. The maximum Gasteiger partial charge on any atom is 0.340 e. The molecule has 4 nitrogen and oxygen atoms in total. The van der Waals surface area contributed by atoms with Crippen LogP contribution in [0, 0.1) is 0 Å². The summed E-state index contributed by atoms with van der Waals surface area (Å²) in [5.41, 5.74) is 0.104. The second-order valence-corrected chi connectivity index (χ2v) is 1.88. The molecule has 0 amide bonds. The molecule has 0 rings (SSSR count). The van der Waals surface area contributed by atoms with Crippen molar-refractivity contribution in [2.24, 2.45) is 0 Å². The van der Waals surface area contributed by atoms with Crippen LogP contribution in [0.1, 0.15) is 6.92 Å². The number of methoxy groups -OCH3 is 1. The monoisotopic (exact) mass is 170 g/mol. The van der Waals surface area contributed by atoms with E-state index in [1.54, 1.807) is 0 Å². The van der Waals surface area contributed by atoms with E-state index < -0.39 is 11.9 Å². The second kappa shape index (κ2) is 5.12. The summed E-state index contributed by atoms with van der Waals surface area (Å²) in [6.07, 6.45) is 2.25. The van der Waals surface area contributed by atoms with Gasteiger partial charge in [0.05, 0.1) is 12.7 Å². The summed E-state index contributed by atoms with van der Waals surface area (Å²) in [5, 5.41) is 0. The van der Waals surface area contributed by atoms with Crippen LogP contribution in [0.3, 0.4) is 0 Å². The highest BCUT2D eigenvalue weighted by Crippen LogP contribution is 1.98. The van der Waals surface area contributed by atoms with Crippen LogP contribution in [0.4, 0.5) is 0 Å². The lowest BCUT2D eigenvalue weighted by atomic mass is 10.3. The Balaban J connectivity index is 4.33. The van der Waals surface area contributed by atoms with Gasteiger partial charge < -0.3 is 9.47 Å². The summed E-state index contributed by atoms with van der Waals surface area (Å²) in [7, 11) is 1.23. The van der Waals surface area contributed by atoms with Gasteiger partial charge >= 0.3 is 11.9 Å². The first-order valence-corrected chi connectivity index (χ1v) is 3.20. The summed E-state index contributed by atoms with van der Waals surface area (Å²) < 4.78 is 8.81. The summed E-state index contributed by atoms with van der Waals surface area (Å²) in [6.45, 7) is 4.58. The van der Waals surface area contributed by atoms with Crippen molar-refractivity contribution in [1.29, 1.82) is 0 Å². The Bertz CT molecular complexity index is 227. The predicted molar refractivity (Wildman–Crippen MR) is 42.1 cm³/mol. The van der Waals surface area contributed by atoms with Gasteiger partial charge in [0.15, 0.2) is 0 Å². The van der Waals surface area contributed by atoms with Gasteiger partial charge in [0.2, 0.25) is 0 Å². The minimum absolute atomic E-state index is 0.104. The van der Waals surface area contributed by atoms with Gasteiger partial charge in [0, 0.05) is 6.92 Å². The maximum atomic E-state index is 10.8. The predicted octanol–water partition coefficient (Wildman–Crippen LogP) is 0.792. The van der Waals surface area contributed by atoms with Crippen LogP contribution in [-0.2, 0) is 19.1 Å². The van der Waals surface area contributed by atoms with E-state index in [1.807, 2.05) is 0 Å². The van der Waals surface area contributed by atoms with Crippen molar-refractivity contribution in [3.05, 3.63) is 24.5 Å². The molecule has 0 fully saturated rings. The molecule has 0 aliphatic carbocycles. The summed E-state index contributed by atoms with van der Waals surface area (Å²) in [5.74, 6) is -1.09. The molecule has 0 atom stereocenters. The second-order valence-electron chi connectivity index (χ2n) is 1.88. The molecule has 66 valence electrons. The zero-order chi connectivity index (χ0) is 9.56. The molecule has 0 unspecified atom stereocenters. The van der Waals surface area contributed by atoms with Crippen molar-refractivity contribution in [2.75, 3.05) is 7.11 Å². The van der Waals surface area contributed by atoms with Gasteiger partial charge in [-0.15, -0.1) is 0 Å². The highest BCUT2D eigenvalue weighted by atomic mass is 16.5. The van der Waals surface area contributed by atoms with Crippen molar-refractivity contribution in [3.63, 3.8) is 0 Å². The average Bonchev–Trinajstić information content (AvgIpc) is 2.04. The first-order chi connectivity index (χ1) is 5.61. The summed E-state index contributed by atoms with van der Waals surface area (Å²) in [4.78, 5) is 21.1. The van der Waals surface area contributed by atoms with E-state index >= 15 is 0 Å². The quantitative estimate of drug-likeness (QED) is 0.272. The smallest absolute Gasteiger partial charge is 0.340 e. The third kappa shape index (κ3) is 3.55. The van der Waals surface area contributed by atoms with Gasteiger partial charge in [-0.1, -0.05) is 12.7 Å². The minimum atomic E-state index is -0.591. The highest BCUT2D eigenvalue weighted by molar-refractivity contribution is 5.91. The van der Waals surface area contributed by atoms with Crippen LogP contribution >= 0.6 is 0 Å². The Morgan fingerprint density at radius 1 is 1.42 bits per heavy atom. The molecular weight excluding hydrogens is 160 g/mol. The zero-order valence-corrected chi connectivity index (χ0v) is 6.99. The Hall–Kier alpha value is -1.58.